The summed E-state index contributed by atoms with van der Waals surface area (Å²) in [5.41, 5.74) is 6.92. The van der Waals surface area contributed by atoms with Crippen molar-refractivity contribution in [2.24, 2.45) is 17.6 Å². The Morgan fingerprint density at radius 3 is 2.41 bits per heavy atom. The molecule has 2 amide bonds. The predicted octanol–water partition coefficient (Wildman–Crippen LogP) is 4.87. The minimum absolute atomic E-state index is 0.0199. The molecule has 0 bridgehead atoms. The van der Waals surface area contributed by atoms with E-state index in [2.05, 4.69) is 15.6 Å². The molecule has 1 aliphatic carbocycles. The van der Waals surface area contributed by atoms with Gasteiger partial charge in [-0.15, -0.1) is 0 Å². The van der Waals surface area contributed by atoms with Crippen LogP contribution in [0, 0.1) is 22.0 Å². The van der Waals surface area contributed by atoms with Crippen molar-refractivity contribution in [3.8, 4) is 11.5 Å². The number of halogens is 1. The van der Waals surface area contributed by atoms with Crippen LogP contribution in [-0.2, 0) is 16.0 Å². The summed E-state index contributed by atoms with van der Waals surface area (Å²) in [6.07, 6.45) is 6.66. The number of nitrogens with zero attached hydrogens (tertiary/aromatic N) is 2. The molecular formula is C28H30ClN5O5. The molecule has 0 radical (unpaired) electrons. The van der Waals surface area contributed by atoms with Crippen LogP contribution in [0.25, 0.3) is 0 Å². The smallest absolute Gasteiger partial charge is 0.311 e. The minimum Gasteiger partial charge on any atom is -0.450 e. The second-order valence-electron chi connectivity index (χ2n) is 9.56. The lowest BCUT2D eigenvalue weighted by molar-refractivity contribution is -0.385. The molecule has 3 aromatic rings. The van der Waals surface area contributed by atoms with E-state index >= 15 is 0 Å². The summed E-state index contributed by atoms with van der Waals surface area (Å²) in [7, 11) is 0. The van der Waals surface area contributed by atoms with E-state index in [4.69, 9.17) is 22.1 Å². The van der Waals surface area contributed by atoms with Gasteiger partial charge in [-0.1, -0.05) is 23.7 Å². The first-order valence-corrected chi connectivity index (χ1v) is 13.1. The third-order valence-corrected chi connectivity index (χ3v) is 7.08. The minimum atomic E-state index is -0.821. The van der Waals surface area contributed by atoms with Gasteiger partial charge >= 0.3 is 5.69 Å². The Bertz CT molecular complexity index is 1300. The average Bonchev–Trinajstić information content (AvgIpc) is 2.94. The molecule has 1 saturated carbocycles. The second-order valence-corrected chi connectivity index (χ2v) is 10.00. The van der Waals surface area contributed by atoms with Crippen LogP contribution in [0.5, 0.6) is 11.5 Å². The quantitative estimate of drug-likeness (QED) is 0.240. The highest BCUT2D eigenvalue weighted by molar-refractivity contribution is 6.30. The number of ether oxygens (including phenoxy) is 1. The topological polar surface area (TPSA) is 149 Å². The Morgan fingerprint density at radius 1 is 1.08 bits per heavy atom. The fraction of sp³-hybridized carbons (Fsp3) is 0.321. The van der Waals surface area contributed by atoms with Crippen molar-refractivity contribution >= 4 is 34.8 Å². The maximum atomic E-state index is 13.2. The molecule has 1 fully saturated rings. The van der Waals surface area contributed by atoms with Crippen LogP contribution in [0.15, 0.2) is 67.0 Å². The number of nitro benzene ring substituents is 1. The number of nitrogens with one attached hydrogen (secondary N) is 2. The van der Waals surface area contributed by atoms with Crippen molar-refractivity contribution < 1.29 is 19.2 Å². The van der Waals surface area contributed by atoms with Crippen LogP contribution < -0.4 is 21.1 Å². The van der Waals surface area contributed by atoms with Crippen LogP contribution >= 0.6 is 11.6 Å². The number of nitro groups is 1. The molecule has 4 rings (SSSR count). The number of aromatic nitrogens is 1. The largest absolute Gasteiger partial charge is 0.450 e. The number of carbonyl (C=O) groups is 2. The van der Waals surface area contributed by atoms with Gasteiger partial charge in [0.15, 0.2) is 0 Å². The van der Waals surface area contributed by atoms with Crippen molar-refractivity contribution in [3.05, 3.63) is 87.7 Å². The lowest BCUT2D eigenvalue weighted by Crippen LogP contribution is -2.48. The van der Waals surface area contributed by atoms with E-state index in [-0.39, 0.29) is 35.6 Å². The number of amides is 2. The summed E-state index contributed by atoms with van der Waals surface area (Å²) in [5, 5.41) is 17.4. The summed E-state index contributed by atoms with van der Waals surface area (Å²) < 4.78 is 5.71. The van der Waals surface area contributed by atoms with Gasteiger partial charge in [0.05, 0.1) is 4.92 Å². The van der Waals surface area contributed by atoms with Crippen molar-refractivity contribution in [3.63, 3.8) is 0 Å². The average molecular weight is 552 g/mol. The maximum absolute atomic E-state index is 13.2. The van der Waals surface area contributed by atoms with Gasteiger partial charge in [0.2, 0.25) is 17.6 Å². The molecule has 10 nitrogen and oxygen atoms in total. The van der Waals surface area contributed by atoms with E-state index in [0.717, 1.165) is 31.2 Å². The molecule has 1 atom stereocenters. The zero-order valence-corrected chi connectivity index (χ0v) is 22.0. The van der Waals surface area contributed by atoms with Gasteiger partial charge < -0.3 is 21.1 Å². The normalized spacial score (nSPS) is 17.6. The van der Waals surface area contributed by atoms with E-state index in [1.807, 2.05) is 0 Å². The Hall–Kier alpha value is -4.02. The predicted molar refractivity (Wildman–Crippen MR) is 148 cm³/mol. The molecule has 0 unspecified atom stereocenters. The summed E-state index contributed by atoms with van der Waals surface area (Å²) >= 11 is 5.99. The van der Waals surface area contributed by atoms with Gasteiger partial charge in [-0.25, -0.2) is 0 Å². The number of pyridine rings is 1. The van der Waals surface area contributed by atoms with Crippen LogP contribution in [0.3, 0.4) is 0 Å². The molecule has 0 aliphatic heterocycles. The highest BCUT2D eigenvalue weighted by Crippen LogP contribution is 2.34. The first-order chi connectivity index (χ1) is 18.8. The molecule has 1 aromatic heterocycles. The highest BCUT2D eigenvalue weighted by Gasteiger charge is 2.29. The number of hydrogen-bond donors (Lipinski definition) is 3. The van der Waals surface area contributed by atoms with Crippen molar-refractivity contribution in [2.75, 3.05) is 11.9 Å². The van der Waals surface area contributed by atoms with Gasteiger partial charge in [0, 0.05) is 47.6 Å². The number of hydrogen-bond acceptors (Lipinski definition) is 7. The first-order valence-electron chi connectivity index (χ1n) is 12.7. The van der Waals surface area contributed by atoms with Gasteiger partial charge in [-0.3, -0.25) is 24.7 Å². The summed E-state index contributed by atoms with van der Waals surface area (Å²) in [5.74, 6) is 0.171. The Balaban J connectivity index is 1.47. The lowest BCUT2D eigenvalue weighted by Gasteiger charge is -2.28. The van der Waals surface area contributed by atoms with E-state index in [0.29, 0.717) is 28.9 Å². The molecule has 39 heavy (non-hydrogen) atoms. The third-order valence-electron chi connectivity index (χ3n) is 6.84. The summed E-state index contributed by atoms with van der Waals surface area (Å²) in [6, 6.07) is 13.4. The number of nitrogens with two attached hydrogens (primary N) is 1. The van der Waals surface area contributed by atoms with Gasteiger partial charge in [0.1, 0.15) is 11.8 Å². The van der Waals surface area contributed by atoms with Crippen molar-refractivity contribution in [1.29, 1.82) is 0 Å². The van der Waals surface area contributed by atoms with E-state index in [1.54, 1.807) is 48.8 Å². The zero-order chi connectivity index (χ0) is 27.8. The summed E-state index contributed by atoms with van der Waals surface area (Å²) in [6.45, 7) is 0.621. The van der Waals surface area contributed by atoms with Crippen LogP contribution in [0.2, 0.25) is 5.02 Å². The monoisotopic (exact) mass is 551 g/mol. The number of rotatable bonds is 10. The molecule has 4 N–H and O–H groups in total. The first kappa shape index (κ1) is 28.0. The van der Waals surface area contributed by atoms with Crippen LogP contribution in [0.4, 0.5) is 11.4 Å². The van der Waals surface area contributed by atoms with E-state index in [1.165, 1.54) is 18.2 Å². The molecule has 0 saturated heterocycles. The molecule has 2 aromatic carbocycles. The molecule has 1 heterocycles. The standard InChI is InChI=1S/C28H30ClN5O5/c29-21-7-10-25(34(37)38)26(16-21)39-23-8-3-18(4-9-23)15-24(28(36)32-22-11-13-31-14-12-22)33-27(35)20-5-1-19(17-30)2-6-20/h3-4,7-14,16,19-20,24H,1-2,5-6,15,17,30H2,(H,33,35)(H,31,32,36)/t19-,20-,24-/m0/s1. The second kappa shape index (κ2) is 13.2. The fourth-order valence-electron chi connectivity index (χ4n) is 4.60. The number of anilines is 1. The van der Waals surface area contributed by atoms with Crippen molar-refractivity contribution in [1.82, 2.24) is 10.3 Å². The lowest BCUT2D eigenvalue weighted by atomic mass is 9.81. The molecule has 0 spiro atoms. The highest BCUT2D eigenvalue weighted by atomic mass is 35.5. The van der Waals surface area contributed by atoms with Gasteiger partial charge in [0.25, 0.3) is 0 Å². The van der Waals surface area contributed by atoms with E-state index < -0.39 is 11.0 Å². The van der Waals surface area contributed by atoms with Gasteiger partial charge in [-0.2, -0.15) is 0 Å². The zero-order valence-electron chi connectivity index (χ0n) is 21.2. The molecular weight excluding hydrogens is 522 g/mol. The Kier molecular flexibility index (Phi) is 9.45. The van der Waals surface area contributed by atoms with Crippen LogP contribution in [0.1, 0.15) is 31.2 Å². The van der Waals surface area contributed by atoms with Gasteiger partial charge in [-0.05, 0) is 74.0 Å². The van der Waals surface area contributed by atoms with E-state index in [9.17, 15) is 19.7 Å². The Morgan fingerprint density at radius 2 is 1.77 bits per heavy atom. The molecule has 1 aliphatic rings. The number of carbonyl (C=O) groups excluding carboxylic acids is 2. The van der Waals surface area contributed by atoms with Crippen LogP contribution in [-0.4, -0.2) is 34.3 Å². The Labute approximate surface area is 231 Å². The number of benzene rings is 2. The molecule has 11 heteroatoms. The SMILES string of the molecule is NC[C@H]1CC[C@H](C(=O)N[C@@H](Cc2ccc(Oc3cc(Cl)ccc3[N+](=O)[O-])cc2)C(=O)Nc2ccncc2)CC1. The fourth-order valence-corrected chi connectivity index (χ4v) is 4.76. The maximum Gasteiger partial charge on any atom is 0.311 e. The summed E-state index contributed by atoms with van der Waals surface area (Å²) in [4.78, 5) is 41.1. The third kappa shape index (κ3) is 7.75. The van der Waals surface area contributed by atoms with Crippen molar-refractivity contribution in [2.45, 2.75) is 38.1 Å². The molecule has 204 valence electrons.